The summed E-state index contributed by atoms with van der Waals surface area (Å²) in [5.41, 5.74) is 7.51. The molecule has 0 aliphatic carbocycles. The van der Waals surface area contributed by atoms with E-state index in [0.29, 0.717) is 19.4 Å². The van der Waals surface area contributed by atoms with E-state index in [-0.39, 0.29) is 12.6 Å². The number of primary amides is 1. The van der Waals surface area contributed by atoms with E-state index < -0.39 is 18.0 Å². The van der Waals surface area contributed by atoms with Crippen molar-refractivity contribution in [1.82, 2.24) is 4.90 Å². The third-order valence-electron chi connectivity index (χ3n) is 4.55. The second-order valence-electron chi connectivity index (χ2n) is 6.26. The Kier molecular flexibility index (Phi) is 5.46. The van der Waals surface area contributed by atoms with E-state index in [1.165, 1.54) is 0 Å². The largest absolute Gasteiger partial charge is 0.460 e. The number of carbonyl (C=O) groups excluding carboxylic acids is 2. The van der Waals surface area contributed by atoms with E-state index in [2.05, 4.69) is 0 Å². The Morgan fingerprint density at radius 1 is 0.920 bits per heavy atom. The summed E-state index contributed by atoms with van der Waals surface area (Å²) in [5, 5.41) is 0. The minimum atomic E-state index is -0.443. The average Bonchev–Trinajstić information content (AvgIpc) is 3.05. The van der Waals surface area contributed by atoms with Crippen LogP contribution in [0.5, 0.6) is 0 Å². The van der Waals surface area contributed by atoms with Gasteiger partial charge in [0.25, 0.3) is 0 Å². The van der Waals surface area contributed by atoms with Gasteiger partial charge in [-0.1, -0.05) is 60.7 Å². The van der Waals surface area contributed by atoms with Gasteiger partial charge in [-0.05, 0) is 24.0 Å². The minimum Gasteiger partial charge on any atom is -0.460 e. The van der Waals surface area contributed by atoms with Gasteiger partial charge in [0, 0.05) is 6.54 Å². The number of nitrogens with two attached hydrogens (primary N) is 1. The molecule has 25 heavy (non-hydrogen) atoms. The van der Waals surface area contributed by atoms with Gasteiger partial charge in [-0.3, -0.25) is 14.5 Å². The standard InChI is InChI=1S/C20H22N2O3/c21-19(23)17-11-12-18(22(17)13-15-7-3-1-4-8-15)20(24)25-14-16-9-5-2-6-10-16/h1-10,17-18H,11-14H2,(H2,21,23)/t17-,18-/m1/s1. The molecule has 0 radical (unpaired) electrons. The molecular formula is C20H22N2O3. The van der Waals surface area contributed by atoms with Gasteiger partial charge in [0.15, 0.2) is 0 Å². The Morgan fingerprint density at radius 2 is 1.48 bits per heavy atom. The molecule has 2 N–H and O–H groups in total. The van der Waals surface area contributed by atoms with Gasteiger partial charge in [0.1, 0.15) is 12.6 Å². The highest BCUT2D eigenvalue weighted by Crippen LogP contribution is 2.27. The highest BCUT2D eigenvalue weighted by Gasteiger charge is 2.41. The first-order valence-electron chi connectivity index (χ1n) is 8.44. The SMILES string of the molecule is NC(=O)[C@H]1CC[C@H](C(=O)OCc2ccccc2)N1Cc1ccccc1. The highest BCUT2D eigenvalue weighted by atomic mass is 16.5. The quantitative estimate of drug-likeness (QED) is 0.820. The van der Waals surface area contributed by atoms with Gasteiger partial charge >= 0.3 is 5.97 Å². The summed E-state index contributed by atoms with van der Waals surface area (Å²) in [6.07, 6.45) is 1.15. The van der Waals surface area contributed by atoms with E-state index in [4.69, 9.17) is 10.5 Å². The Hall–Kier alpha value is -2.66. The van der Waals surface area contributed by atoms with Crippen molar-refractivity contribution >= 4 is 11.9 Å². The maximum atomic E-state index is 12.6. The van der Waals surface area contributed by atoms with Crippen LogP contribution in [0.15, 0.2) is 60.7 Å². The number of hydrogen-bond donors (Lipinski definition) is 1. The normalized spacial score (nSPS) is 20.3. The van der Waals surface area contributed by atoms with Gasteiger partial charge in [-0.15, -0.1) is 0 Å². The lowest BCUT2D eigenvalue weighted by atomic mass is 10.1. The lowest BCUT2D eigenvalue weighted by molar-refractivity contribution is -0.151. The molecule has 1 aliphatic rings. The molecule has 1 heterocycles. The van der Waals surface area contributed by atoms with Crippen molar-refractivity contribution in [2.45, 2.75) is 38.1 Å². The van der Waals surface area contributed by atoms with Gasteiger partial charge < -0.3 is 10.5 Å². The van der Waals surface area contributed by atoms with Crippen LogP contribution in [0.4, 0.5) is 0 Å². The van der Waals surface area contributed by atoms with Crippen LogP contribution in [0.2, 0.25) is 0 Å². The lowest BCUT2D eigenvalue weighted by Crippen LogP contribution is -2.46. The van der Waals surface area contributed by atoms with Crippen LogP contribution < -0.4 is 5.73 Å². The zero-order chi connectivity index (χ0) is 17.6. The minimum absolute atomic E-state index is 0.233. The number of likely N-dealkylation sites (tertiary alicyclic amines) is 1. The number of rotatable bonds is 6. The molecular weight excluding hydrogens is 316 g/mol. The van der Waals surface area contributed by atoms with Crippen molar-refractivity contribution < 1.29 is 14.3 Å². The fourth-order valence-corrected chi connectivity index (χ4v) is 3.26. The van der Waals surface area contributed by atoms with Crippen LogP contribution in [-0.2, 0) is 27.5 Å². The maximum Gasteiger partial charge on any atom is 0.323 e. The first-order valence-corrected chi connectivity index (χ1v) is 8.44. The molecule has 0 unspecified atom stereocenters. The molecule has 1 saturated heterocycles. The second-order valence-corrected chi connectivity index (χ2v) is 6.26. The van der Waals surface area contributed by atoms with Crippen LogP contribution in [0, 0.1) is 0 Å². The van der Waals surface area contributed by atoms with Crippen molar-refractivity contribution in [3.63, 3.8) is 0 Å². The molecule has 0 aromatic heterocycles. The summed E-state index contributed by atoms with van der Waals surface area (Å²) in [5.74, 6) is -0.696. The van der Waals surface area contributed by atoms with Crippen LogP contribution >= 0.6 is 0 Å². The van der Waals surface area contributed by atoms with E-state index in [0.717, 1.165) is 11.1 Å². The molecule has 1 fully saturated rings. The van der Waals surface area contributed by atoms with Gasteiger partial charge in [0.2, 0.25) is 5.91 Å². The molecule has 5 heteroatoms. The Bertz CT molecular complexity index is 718. The lowest BCUT2D eigenvalue weighted by Gasteiger charge is -2.27. The fraction of sp³-hybridized carbons (Fsp3) is 0.300. The topological polar surface area (TPSA) is 72.6 Å². The Labute approximate surface area is 147 Å². The maximum absolute atomic E-state index is 12.6. The molecule has 130 valence electrons. The molecule has 2 aromatic carbocycles. The van der Waals surface area contributed by atoms with Crippen LogP contribution in [0.1, 0.15) is 24.0 Å². The molecule has 5 nitrogen and oxygen atoms in total. The first kappa shape index (κ1) is 17.2. The highest BCUT2D eigenvalue weighted by molar-refractivity contribution is 5.83. The van der Waals surface area contributed by atoms with Gasteiger partial charge in [-0.2, -0.15) is 0 Å². The Balaban J connectivity index is 1.69. The summed E-state index contributed by atoms with van der Waals surface area (Å²) in [6.45, 7) is 0.732. The summed E-state index contributed by atoms with van der Waals surface area (Å²) in [4.78, 5) is 26.2. The third-order valence-corrected chi connectivity index (χ3v) is 4.55. The predicted octanol–water partition coefficient (Wildman–Crippen LogP) is 2.25. The smallest absolute Gasteiger partial charge is 0.323 e. The van der Waals surface area contributed by atoms with Crippen LogP contribution in [0.25, 0.3) is 0 Å². The first-order chi connectivity index (χ1) is 12.1. The molecule has 0 bridgehead atoms. The van der Waals surface area contributed by atoms with Crippen LogP contribution in [0.3, 0.4) is 0 Å². The number of carbonyl (C=O) groups is 2. The van der Waals surface area contributed by atoms with Crippen molar-refractivity contribution in [3.05, 3.63) is 71.8 Å². The van der Waals surface area contributed by atoms with Crippen molar-refractivity contribution in [1.29, 1.82) is 0 Å². The monoisotopic (exact) mass is 338 g/mol. The number of esters is 1. The van der Waals surface area contributed by atoms with E-state index >= 15 is 0 Å². The van der Waals surface area contributed by atoms with Crippen molar-refractivity contribution in [3.8, 4) is 0 Å². The molecule has 2 aromatic rings. The summed E-state index contributed by atoms with van der Waals surface area (Å²) >= 11 is 0. The molecule has 0 saturated carbocycles. The summed E-state index contributed by atoms with van der Waals surface area (Å²) < 4.78 is 5.48. The molecule has 1 aliphatic heterocycles. The van der Waals surface area contributed by atoms with E-state index in [9.17, 15) is 9.59 Å². The zero-order valence-corrected chi connectivity index (χ0v) is 14.0. The summed E-state index contributed by atoms with van der Waals surface area (Å²) in [7, 11) is 0. The van der Waals surface area contributed by atoms with Gasteiger partial charge in [-0.25, -0.2) is 0 Å². The van der Waals surface area contributed by atoms with E-state index in [1.54, 1.807) is 0 Å². The van der Waals surface area contributed by atoms with Crippen molar-refractivity contribution in [2.24, 2.45) is 5.73 Å². The number of nitrogens with zero attached hydrogens (tertiary/aromatic N) is 1. The third kappa shape index (κ3) is 4.25. The van der Waals surface area contributed by atoms with Gasteiger partial charge in [0.05, 0.1) is 6.04 Å². The number of amides is 1. The second kappa shape index (κ2) is 7.94. The van der Waals surface area contributed by atoms with Crippen molar-refractivity contribution in [2.75, 3.05) is 0 Å². The number of benzene rings is 2. The molecule has 0 spiro atoms. The van der Waals surface area contributed by atoms with E-state index in [1.807, 2.05) is 65.6 Å². The average molecular weight is 338 g/mol. The zero-order valence-electron chi connectivity index (χ0n) is 14.0. The number of hydrogen-bond acceptors (Lipinski definition) is 4. The molecule has 3 rings (SSSR count). The fourth-order valence-electron chi connectivity index (χ4n) is 3.26. The van der Waals surface area contributed by atoms with Crippen LogP contribution in [-0.4, -0.2) is 28.9 Å². The number of ether oxygens (including phenoxy) is 1. The predicted molar refractivity (Wildman–Crippen MR) is 94.2 cm³/mol. The summed E-state index contributed by atoms with van der Waals surface area (Å²) in [6, 6.07) is 18.4. The molecule has 1 amide bonds. The molecule has 2 atom stereocenters. The Morgan fingerprint density at radius 3 is 2.08 bits per heavy atom.